The Bertz CT molecular complexity index is 1770. The number of fused-ring (bicyclic) bond motifs is 1. The van der Waals surface area contributed by atoms with Crippen LogP contribution in [0.15, 0.2) is 55.0 Å². The number of aromatic amines is 1. The maximum atomic E-state index is 14.7. The number of benzene rings is 2. The fourth-order valence-electron chi connectivity index (χ4n) is 7.72. The van der Waals surface area contributed by atoms with Crippen molar-refractivity contribution < 1.29 is 37.8 Å². The molecule has 1 aliphatic heterocycles. The number of sulfonamides is 1. The number of hydrogen-bond acceptors (Lipinski definition) is 9. The molecule has 1 saturated heterocycles. The Morgan fingerprint density at radius 2 is 1.78 bits per heavy atom. The van der Waals surface area contributed by atoms with Gasteiger partial charge in [-0.15, -0.1) is 0 Å². The number of carbonyl (C=O) groups is 3. The third-order valence-corrected chi connectivity index (χ3v) is 12.3. The van der Waals surface area contributed by atoms with E-state index < -0.39 is 40.2 Å². The molecule has 0 bridgehead atoms. The highest BCUT2D eigenvalue weighted by Crippen LogP contribution is 2.29. The van der Waals surface area contributed by atoms with E-state index in [1.165, 1.54) is 11.2 Å². The van der Waals surface area contributed by atoms with Crippen molar-refractivity contribution in [2.75, 3.05) is 38.6 Å². The summed E-state index contributed by atoms with van der Waals surface area (Å²) in [4.78, 5) is 52.9. The van der Waals surface area contributed by atoms with Crippen molar-refractivity contribution in [2.24, 2.45) is 5.92 Å². The minimum absolute atomic E-state index is 0.0233. The van der Waals surface area contributed by atoms with Crippen molar-refractivity contribution in [3.05, 3.63) is 66.2 Å². The molecule has 0 radical (unpaired) electrons. The summed E-state index contributed by atoms with van der Waals surface area (Å²) in [7, 11) is -3.57. The van der Waals surface area contributed by atoms with Crippen LogP contribution in [0.4, 0.5) is 0 Å². The van der Waals surface area contributed by atoms with Gasteiger partial charge in [-0.3, -0.25) is 14.4 Å². The quantitative estimate of drug-likeness (QED) is 0.115. The predicted octanol–water partition coefficient (Wildman–Crippen LogP) is 3.04. The monoisotopic (exact) mass is 782 g/mol. The predicted molar refractivity (Wildman–Crippen MR) is 209 cm³/mol. The maximum absolute atomic E-state index is 14.7. The molecule has 1 unspecified atom stereocenters. The number of rotatable bonds is 20. The lowest BCUT2D eigenvalue weighted by Crippen LogP contribution is -2.55. The van der Waals surface area contributed by atoms with Crippen molar-refractivity contribution in [1.29, 1.82) is 0 Å². The zero-order valence-corrected chi connectivity index (χ0v) is 32.7. The van der Waals surface area contributed by atoms with Crippen LogP contribution in [-0.4, -0.2) is 119 Å². The standard InChI is InChI=1S/C40H58N6O8S/c1-2-21-55(52,53)43-26-33(47)24-37(48)35(22-29-9-4-3-5-10-29)44-40(51)36(23-32-25-41-28-42-32)46(27-31-13-8-12-30-11-6-7-14-34(30)31)39(50)16-15-38(49)45-17-19-54-20-18-45/h6-8,11-14,25,28-29,33,35-37,43,47-48H,2-5,9-10,15-24,26-27H2,1H3,(H,41,42)(H,44,51)/t33-,35+,36?,37+/m1/s1. The van der Waals surface area contributed by atoms with Crippen LogP contribution in [0.3, 0.4) is 0 Å². The highest BCUT2D eigenvalue weighted by Gasteiger charge is 2.35. The third kappa shape index (κ3) is 12.8. The molecule has 1 saturated carbocycles. The van der Waals surface area contributed by atoms with Crippen LogP contribution in [0.5, 0.6) is 0 Å². The lowest BCUT2D eigenvalue weighted by atomic mass is 9.83. The molecule has 15 heteroatoms. The molecule has 302 valence electrons. The summed E-state index contributed by atoms with van der Waals surface area (Å²) >= 11 is 0. The summed E-state index contributed by atoms with van der Waals surface area (Å²) in [5.74, 6) is -0.854. The van der Waals surface area contributed by atoms with E-state index in [1.54, 1.807) is 18.0 Å². The van der Waals surface area contributed by atoms with E-state index in [0.29, 0.717) is 44.8 Å². The average molecular weight is 783 g/mol. The molecule has 3 aromatic rings. The molecule has 2 fully saturated rings. The highest BCUT2D eigenvalue weighted by atomic mass is 32.2. The number of hydrogen-bond donors (Lipinski definition) is 5. The van der Waals surface area contributed by atoms with Gasteiger partial charge >= 0.3 is 0 Å². The second kappa shape index (κ2) is 20.9. The number of imidazole rings is 1. The second-order valence-electron chi connectivity index (χ2n) is 14.9. The number of aliphatic hydroxyl groups is 2. The fraction of sp³-hybridized carbons (Fsp3) is 0.600. The molecule has 5 rings (SSSR count). The molecule has 55 heavy (non-hydrogen) atoms. The van der Waals surface area contributed by atoms with E-state index in [9.17, 15) is 33.0 Å². The SMILES string of the molecule is CCCS(=O)(=O)NC[C@H](O)C[C@H](O)[C@H](CC1CCCCC1)NC(=O)C(Cc1c[nH]cn1)N(Cc1cccc2ccccc12)C(=O)CCC(=O)N1CCOCC1. The zero-order chi connectivity index (χ0) is 39.2. The molecule has 0 spiro atoms. The number of amides is 3. The van der Waals surface area contributed by atoms with Crippen LogP contribution in [0, 0.1) is 5.92 Å². The maximum Gasteiger partial charge on any atom is 0.243 e. The molecule has 2 heterocycles. The number of morpholine rings is 1. The van der Waals surface area contributed by atoms with Crippen LogP contribution in [0.25, 0.3) is 10.8 Å². The van der Waals surface area contributed by atoms with Gasteiger partial charge in [-0.05, 0) is 35.1 Å². The van der Waals surface area contributed by atoms with Crippen molar-refractivity contribution in [3.63, 3.8) is 0 Å². The summed E-state index contributed by atoms with van der Waals surface area (Å²) in [5.41, 5.74) is 1.39. The molecule has 4 atom stereocenters. The lowest BCUT2D eigenvalue weighted by molar-refractivity contribution is -0.144. The molecular formula is C40H58N6O8S. The summed E-state index contributed by atoms with van der Waals surface area (Å²) in [6.07, 6.45) is 6.53. The van der Waals surface area contributed by atoms with Crippen molar-refractivity contribution in [2.45, 2.75) is 108 Å². The van der Waals surface area contributed by atoms with Gasteiger partial charge in [0, 0.05) is 58.1 Å². The van der Waals surface area contributed by atoms with Gasteiger partial charge < -0.3 is 35.1 Å². The van der Waals surface area contributed by atoms with E-state index in [0.717, 1.165) is 48.4 Å². The van der Waals surface area contributed by atoms with Crippen LogP contribution in [0.2, 0.25) is 0 Å². The summed E-state index contributed by atoms with van der Waals surface area (Å²) in [6.45, 7) is 3.38. The van der Waals surface area contributed by atoms with Gasteiger partial charge in [-0.2, -0.15) is 0 Å². The number of ether oxygens (including phenoxy) is 1. The molecule has 2 aromatic carbocycles. The normalized spacial score (nSPS) is 17.7. The molecule has 2 aliphatic rings. The largest absolute Gasteiger partial charge is 0.392 e. The molecule has 3 amide bonds. The summed E-state index contributed by atoms with van der Waals surface area (Å²) in [5, 5.41) is 27.4. The smallest absolute Gasteiger partial charge is 0.243 e. The minimum atomic E-state index is -3.57. The number of aromatic nitrogens is 2. The first kappa shape index (κ1) is 42.3. The zero-order valence-electron chi connectivity index (χ0n) is 31.9. The summed E-state index contributed by atoms with van der Waals surface area (Å²) < 4.78 is 32.3. The van der Waals surface area contributed by atoms with Crippen LogP contribution in [0.1, 0.15) is 82.4 Å². The van der Waals surface area contributed by atoms with Gasteiger partial charge in [0.25, 0.3) is 0 Å². The number of nitrogens with zero attached hydrogens (tertiary/aromatic N) is 3. The van der Waals surface area contributed by atoms with Gasteiger partial charge in [0.05, 0.1) is 49.2 Å². The molecule has 1 aromatic heterocycles. The minimum Gasteiger partial charge on any atom is -0.392 e. The number of H-pyrrole nitrogens is 1. The Morgan fingerprint density at radius 1 is 1.04 bits per heavy atom. The van der Waals surface area contributed by atoms with Crippen molar-refractivity contribution in [1.82, 2.24) is 29.8 Å². The fourth-order valence-corrected chi connectivity index (χ4v) is 8.85. The summed E-state index contributed by atoms with van der Waals surface area (Å²) in [6, 6.07) is 11.8. The highest BCUT2D eigenvalue weighted by molar-refractivity contribution is 7.89. The van der Waals surface area contributed by atoms with Gasteiger partial charge in [-0.25, -0.2) is 18.1 Å². The first-order valence-corrected chi connectivity index (χ1v) is 21.4. The second-order valence-corrected chi connectivity index (χ2v) is 16.8. The average Bonchev–Trinajstić information content (AvgIpc) is 3.71. The van der Waals surface area contributed by atoms with E-state index in [2.05, 4.69) is 20.0 Å². The Kier molecular flexibility index (Phi) is 16.0. The first-order valence-electron chi connectivity index (χ1n) is 19.8. The van der Waals surface area contributed by atoms with Crippen LogP contribution in [-0.2, 0) is 42.1 Å². The number of aliphatic hydroxyl groups excluding tert-OH is 2. The molecule has 1 aliphatic carbocycles. The molecule has 5 N–H and O–H groups in total. The van der Waals surface area contributed by atoms with Gasteiger partial charge in [0.2, 0.25) is 27.7 Å². The van der Waals surface area contributed by atoms with Crippen molar-refractivity contribution in [3.8, 4) is 0 Å². The Labute approximate surface area is 324 Å². The number of nitrogens with one attached hydrogen (secondary N) is 3. The Balaban J connectivity index is 1.42. The van der Waals surface area contributed by atoms with E-state index in [1.807, 2.05) is 42.5 Å². The van der Waals surface area contributed by atoms with Gasteiger partial charge in [0.1, 0.15) is 6.04 Å². The van der Waals surface area contributed by atoms with Crippen LogP contribution < -0.4 is 10.0 Å². The molecular weight excluding hydrogens is 725 g/mol. The van der Waals surface area contributed by atoms with Gasteiger partial charge in [0.15, 0.2) is 0 Å². The Morgan fingerprint density at radius 3 is 2.51 bits per heavy atom. The van der Waals surface area contributed by atoms with E-state index in [-0.39, 0.29) is 62.3 Å². The van der Waals surface area contributed by atoms with E-state index in [4.69, 9.17) is 4.74 Å². The van der Waals surface area contributed by atoms with Crippen molar-refractivity contribution >= 4 is 38.5 Å². The molecule has 14 nitrogen and oxygen atoms in total. The first-order chi connectivity index (χ1) is 26.5. The van der Waals surface area contributed by atoms with Crippen LogP contribution >= 0.6 is 0 Å². The number of carbonyl (C=O) groups excluding carboxylic acids is 3. The third-order valence-electron chi connectivity index (χ3n) is 10.7. The lowest BCUT2D eigenvalue weighted by Gasteiger charge is -2.35. The topological polar surface area (TPSA) is 194 Å². The van der Waals surface area contributed by atoms with Gasteiger partial charge in [-0.1, -0.05) is 81.5 Å². The van der Waals surface area contributed by atoms with E-state index >= 15 is 0 Å². The Hall–Kier alpha value is -3.89.